The summed E-state index contributed by atoms with van der Waals surface area (Å²) in [5, 5.41) is 0.597. The fourth-order valence-electron chi connectivity index (χ4n) is 1.02. The first-order valence-corrected chi connectivity index (χ1v) is 5.60. The molecule has 0 heterocycles. The molecular weight excluding hydrogens is 322 g/mol. The van der Waals surface area contributed by atoms with Gasteiger partial charge in [-0.1, -0.05) is 11.6 Å². The molecule has 13 heavy (non-hydrogen) atoms. The lowest BCUT2D eigenvalue weighted by molar-refractivity contribution is 0.102. The van der Waals surface area contributed by atoms with Gasteiger partial charge in [0, 0.05) is 9.13 Å². The van der Waals surface area contributed by atoms with Crippen molar-refractivity contribution < 1.29 is 4.79 Å². The molecule has 0 N–H and O–H groups in total. The Bertz CT molecular complexity index is 350. The third-order valence-electron chi connectivity index (χ3n) is 1.69. The van der Waals surface area contributed by atoms with Crippen LogP contribution < -0.4 is 0 Å². The van der Waals surface area contributed by atoms with Crippen molar-refractivity contribution >= 4 is 51.6 Å². The molecule has 0 saturated carbocycles. The van der Waals surface area contributed by atoms with Crippen LogP contribution in [-0.2, 0) is 0 Å². The number of alkyl halides is 1. The summed E-state index contributed by atoms with van der Waals surface area (Å²) in [6.07, 6.45) is 0. The second-order valence-corrected chi connectivity index (χ2v) is 4.47. The summed E-state index contributed by atoms with van der Waals surface area (Å²) in [7, 11) is 0. The van der Waals surface area contributed by atoms with Crippen LogP contribution in [0.2, 0.25) is 5.02 Å². The quantitative estimate of drug-likeness (QED) is 0.460. The number of benzene rings is 1. The second-order valence-electron chi connectivity index (χ2n) is 2.64. The number of carbonyl (C=O) groups is 1. The summed E-state index contributed by atoms with van der Waals surface area (Å²) in [5.41, 5.74) is 1.53. The minimum atomic E-state index is -0.0857. The molecule has 0 spiro atoms. The molecule has 1 nitrogen and oxygen atoms in total. The molecule has 0 atom stereocenters. The summed E-state index contributed by atoms with van der Waals surface area (Å²) >= 11 is 13.5. The van der Waals surface area contributed by atoms with Crippen molar-refractivity contribution in [1.82, 2.24) is 0 Å². The lowest BCUT2D eigenvalue weighted by Crippen LogP contribution is -2.03. The molecule has 4 heteroatoms. The van der Waals surface area contributed by atoms with E-state index in [1.807, 2.05) is 13.0 Å². The van der Waals surface area contributed by atoms with E-state index in [1.165, 1.54) is 0 Å². The number of halogens is 3. The lowest BCUT2D eigenvalue weighted by atomic mass is 10.1. The molecule has 0 aliphatic rings. The molecule has 0 aliphatic heterocycles. The van der Waals surface area contributed by atoms with Gasteiger partial charge < -0.3 is 0 Å². The highest BCUT2D eigenvalue weighted by Gasteiger charge is 2.10. The van der Waals surface area contributed by atoms with E-state index in [-0.39, 0.29) is 11.7 Å². The van der Waals surface area contributed by atoms with Gasteiger partial charge in [-0.2, -0.15) is 0 Å². The highest BCUT2D eigenvalue weighted by Crippen LogP contribution is 2.23. The van der Waals surface area contributed by atoms with Gasteiger partial charge in [0.2, 0.25) is 0 Å². The molecule has 0 unspecified atom stereocenters. The standard InChI is InChI=1S/C9H7Cl2IO/c1-5-2-8(12)7(11)3-6(5)9(13)4-10/h2-3H,4H2,1H3. The average molecular weight is 329 g/mol. The minimum absolute atomic E-state index is 0.00222. The predicted molar refractivity (Wildman–Crippen MR) is 64.0 cm³/mol. The average Bonchev–Trinajstić information content (AvgIpc) is 2.10. The van der Waals surface area contributed by atoms with Crippen molar-refractivity contribution in [3.8, 4) is 0 Å². The van der Waals surface area contributed by atoms with E-state index in [1.54, 1.807) is 6.07 Å². The Balaban J connectivity index is 3.23. The Labute approximate surface area is 101 Å². The molecule has 0 saturated heterocycles. The Kier molecular flexibility index (Phi) is 4.01. The molecule has 0 aromatic heterocycles. The van der Waals surface area contributed by atoms with E-state index in [2.05, 4.69) is 22.6 Å². The van der Waals surface area contributed by atoms with Crippen molar-refractivity contribution in [2.45, 2.75) is 6.92 Å². The number of Topliss-reactive ketones (excluding diaryl/α,β-unsaturated/α-hetero) is 1. The van der Waals surface area contributed by atoms with Crippen LogP contribution in [0.4, 0.5) is 0 Å². The zero-order chi connectivity index (χ0) is 10.0. The number of hydrogen-bond donors (Lipinski definition) is 0. The van der Waals surface area contributed by atoms with Crippen molar-refractivity contribution in [3.05, 3.63) is 31.9 Å². The van der Waals surface area contributed by atoms with Crippen LogP contribution in [0.1, 0.15) is 15.9 Å². The van der Waals surface area contributed by atoms with Crippen LogP contribution in [0.3, 0.4) is 0 Å². The van der Waals surface area contributed by atoms with Crippen molar-refractivity contribution in [2.24, 2.45) is 0 Å². The third-order valence-corrected chi connectivity index (χ3v) is 3.46. The van der Waals surface area contributed by atoms with Crippen LogP contribution >= 0.6 is 45.8 Å². The van der Waals surface area contributed by atoms with Crippen molar-refractivity contribution in [1.29, 1.82) is 0 Å². The Morgan fingerprint density at radius 2 is 2.15 bits per heavy atom. The summed E-state index contributed by atoms with van der Waals surface area (Å²) < 4.78 is 0.947. The van der Waals surface area contributed by atoms with Crippen LogP contribution in [0.15, 0.2) is 12.1 Å². The van der Waals surface area contributed by atoms with Gasteiger partial charge in [-0.3, -0.25) is 4.79 Å². The third kappa shape index (κ3) is 2.58. The Hall–Kier alpha value is 0.200. The van der Waals surface area contributed by atoms with Crippen LogP contribution in [-0.4, -0.2) is 11.7 Å². The van der Waals surface area contributed by atoms with E-state index in [0.29, 0.717) is 10.6 Å². The van der Waals surface area contributed by atoms with Gasteiger partial charge >= 0.3 is 0 Å². The summed E-state index contributed by atoms with van der Waals surface area (Å²) in [6.45, 7) is 1.87. The fourth-order valence-corrected chi connectivity index (χ4v) is 1.95. The molecule has 0 fully saturated rings. The Morgan fingerprint density at radius 3 is 2.69 bits per heavy atom. The van der Waals surface area contributed by atoms with Gasteiger partial charge in [-0.05, 0) is 47.2 Å². The molecule has 1 rings (SSSR count). The molecule has 0 aliphatic carbocycles. The van der Waals surface area contributed by atoms with Crippen molar-refractivity contribution in [2.75, 3.05) is 5.88 Å². The molecule has 0 amide bonds. The maximum atomic E-state index is 11.3. The van der Waals surface area contributed by atoms with E-state index in [4.69, 9.17) is 23.2 Å². The van der Waals surface area contributed by atoms with Crippen molar-refractivity contribution in [3.63, 3.8) is 0 Å². The van der Waals surface area contributed by atoms with Gasteiger partial charge in [0.1, 0.15) is 0 Å². The van der Waals surface area contributed by atoms with E-state index >= 15 is 0 Å². The maximum Gasteiger partial charge on any atom is 0.177 e. The maximum absolute atomic E-state index is 11.3. The van der Waals surface area contributed by atoms with Gasteiger partial charge in [0.05, 0.1) is 10.9 Å². The molecule has 1 aromatic carbocycles. The smallest absolute Gasteiger partial charge is 0.177 e. The van der Waals surface area contributed by atoms with E-state index in [0.717, 1.165) is 9.13 Å². The SMILES string of the molecule is Cc1cc(I)c(Cl)cc1C(=O)CCl. The number of ketones is 1. The summed E-state index contributed by atoms with van der Waals surface area (Å²) in [6, 6.07) is 3.55. The molecule has 0 radical (unpaired) electrons. The number of rotatable bonds is 2. The lowest BCUT2D eigenvalue weighted by Gasteiger charge is -2.04. The first kappa shape index (κ1) is 11.3. The summed E-state index contributed by atoms with van der Waals surface area (Å²) in [4.78, 5) is 11.3. The van der Waals surface area contributed by atoms with Crippen LogP contribution in [0.25, 0.3) is 0 Å². The van der Waals surface area contributed by atoms with Gasteiger partial charge in [0.15, 0.2) is 5.78 Å². The normalized spacial score (nSPS) is 10.2. The minimum Gasteiger partial charge on any atom is -0.293 e. The largest absolute Gasteiger partial charge is 0.293 e. The van der Waals surface area contributed by atoms with E-state index in [9.17, 15) is 4.79 Å². The zero-order valence-corrected chi connectivity index (χ0v) is 10.6. The highest BCUT2D eigenvalue weighted by atomic mass is 127. The Morgan fingerprint density at radius 1 is 1.54 bits per heavy atom. The predicted octanol–water partition coefficient (Wildman–Crippen LogP) is 3.67. The number of aryl methyl sites for hydroxylation is 1. The topological polar surface area (TPSA) is 17.1 Å². The van der Waals surface area contributed by atoms with Gasteiger partial charge in [-0.25, -0.2) is 0 Å². The molecule has 70 valence electrons. The first-order valence-electron chi connectivity index (χ1n) is 3.61. The van der Waals surface area contributed by atoms with Gasteiger partial charge in [0.25, 0.3) is 0 Å². The number of carbonyl (C=O) groups excluding carboxylic acids is 1. The monoisotopic (exact) mass is 328 g/mol. The van der Waals surface area contributed by atoms with E-state index < -0.39 is 0 Å². The van der Waals surface area contributed by atoms with Crippen LogP contribution in [0.5, 0.6) is 0 Å². The molecular formula is C9H7Cl2IO. The fraction of sp³-hybridized carbons (Fsp3) is 0.222. The second kappa shape index (κ2) is 4.62. The first-order chi connectivity index (χ1) is 6.06. The highest BCUT2D eigenvalue weighted by molar-refractivity contribution is 14.1. The van der Waals surface area contributed by atoms with Gasteiger partial charge in [-0.15, -0.1) is 11.6 Å². The zero-order valence-electron chi connectivity index (χ0n) is 6.90. The van der Waals surface area contributed by atoms with Crippen LogP contribution in [0, 0.1) is 10.5 Å². The summed E-state index contributed by atoms with van der Waals surface area (Å²) in [5.74, 6) is -0.0879. The number of hydrogen-bond acceptors (Lipinski definition) is 1. The molecule has 1 aromatic rings. The molecule has 0 bridgehead atoms.